The Hall–Kier alpha value is -1.10. The Morgan fingerprint density at radius 3 is 2.74 bits per heavy atom. The molecule has 0 radical (unpaired) electrons. The summed E-state index contributed by atoms with van der Waals surface area (Å²) >= 11 is 0. The van der Waals surface area contributed by atoms with E-state index in [1.807, 2.05) is 0 Å². The van der Waals surface area contributed by atoms with Gasteiger partial charge in [-0.05, 0) is 31.6 Å². The van der Waals surface area contributed by atoms with Crippen LogP contribution < -0.4 is 0 Å². The Morgan fingerprint density at radius 2 is 2.05 bits per heavy atom. The molecule has 0 aromatic carbocycles. The molecule has 1 saturated carbocycles. The van der Waals surface area contributed by atoms with Gasteiger partial charge in [-0.2, -0.15) is 0 Å². The fourth-order valence-electron chi connectivity index (χ4n) is 3.54. The number of carboxylic acid groups (broad SMARTS) is 1. The number of carboxylic acids is 1. The summed E-state index contributed by atoms with van der Waals surface area (Å²) in [5.41, 5.74) is 0. The molecule has 0 bridgehead atoms. The van der Waals surface area contributed by atoms with Crippen LogP contribution in [0.5, 0.6) is 0 Å². The molecule has 19 heavy (non-hydrogen) atoms. The molecule has 0 aromatic rings. The fraction of sp³-hybridized carbons (Fsp3) is 0.857. The number of carbonyl (C=O) groups excluding carboxylic acids is 1. The molecule has 3 atom stereocenters. The molecule has 108 valence electrons. The van der Waals surface area contributed by atoms with Gasteiger partial charge in [0.1, 0.15) is 6.04 Å². The first-order chi connectivity index (χ1) is 9.15. The van der Waals surface area contributed by atoms with E-state index in [9.17, 15) is 14.7 Å². The van der Waals surface area contributed by atoms with Crippen LogP contribution in [0.25, 0.3) is 0 Å². The molecule has 1 amide bonds. The number of fused-ring (bicyclic) bond motifs is 1. The first-order valence-electron chi connectivity index (χ1n) is 7.18. The summed E-state index contributed by atoms with van der Waals surface area (Å²) in [6.45, 7) is 0.547. The summed E-state index contributed by atoms with van der Waals surface area (Å²) in [6, 6.07) is -0.451. The van der Waals surface area contributed by atoms with E-state index in [0.717, 1.165) is 19.3 Å². The van der Waals surface area contributed by atoms with E-state index >= 15 is 0 Å². The van der Waals surface area contributed by atoms with Crippen LogP contribution in [0.4, 0.5) is 0 Å². The fourth-order valence-corrected chi connectivity index (χ4v) is 3.54. The van der Waals surface area contributed by atoms with Crippen molar-refractivity contribution in [2.24, 2.45) is 5.92 Å². The monoisotopic (exact) mass is 269 g/mol. The lowest BCUT2D eigenvalue weighted by atomic mass is 9.84. The highest BCUT2D eigenvalue weighted by molar-refractivity contribution is 5.84. The Balaban J connectivity index is 2.04. The van der Waals surface area contributed by atoms with Gasteiger partial charge in [0.25, 0.3) is 0 Å². The standard InChI is InChI=1S/C14H23NO4/c1-19-8-4-7-13(16)15-11-6-3-2-5-10(11)9-12(15)14(17)18/h10-12H,2-9H2,1H3,(H,17,18)/t10-,11+,12+/m1/s1. The van der Waals surface area contributed by atoms with Crippen molar-refractivity contribution in [3.05, 3.63) is 0 Å². The maximum absolute atomic E-state index is 12.3. The highest BCUT2D eigenvalue weighted by atomic mass is 16.5. The van der Waals surface area contributed by atoms with Crippen LogP contribution in [0, 0.1) is 5.92 Å². The van der Waals surface area contributed by atoms with Gasteiger partial charge >= 0.3 is 5.97 Å². The quantitative estimate of drug-likeness (QED) is 0.771. The van der Waals surface area contributed by atoms with Crippen molar-refractivity contribution in [1.82, 2.24) is 4.90 Å². The van der Waals surface area contributed by atoms with Crippen LogP contribution in [0.2, 0.25) is 0 Å². The minimum Gasteiger partial charge on any atom is -0.480 e. The van der Waals surface area contributed by atoms with E-state index in [2.05, 4.69) is 0 Å². The van der Waals surface area contributed by atoms with Crippen LogP contribution >= 0.6 is 0 Å². The van der Waals surface area contributed by atoms with Crippen molar-refractivity contribution < 1.29 is 19.4 Å². The number of ether oxygens (including phenoxy) is 1. The predicted molar refractivity (Wildman–Crippen MR) is 69.7 cm³/mol. The van der Waals surface area contributed by atoms with Gasteiger partial charge in [-0.3, -0.25) is 4.79 Å². The van der Waals surface area contributed by atoms with Crippen LogP contribution in [0.3, 0.4) is 0 Å². The zero-order valence-electron chi connectivity index (χ0n) is 11.5. The first kappa shape index (κ1) is 14.3. The van der Waals surface area contributed by atoms with Crippen molar-refractivity contribution in [2.75, 3.05) is 13.7 Å². The Labute approximate surface area is 113 Å². The van der Waals surface area contributed by atoms with Gasteiger partial charge in [-0.25, -0.2) is 4.79 Å². The molecule has 1 heterocycles. The maximum Gasteiger partial charge on any atom is 0.326 e. The number of rotatable bonds is 5. The molecule has 1 aliphatic carbocycles. The topological polar surface area (TPSA) is 66.8 Å². The molecule has 0 unspecified atom stereocenters. The number of carbonyl (C=O) groups is 2. The van der Waals surface area contributed by atoms with E-state index in [1.165, 1.54) is 6.42 Å². The van der Waals surface area contributed by atoms with Gasteiger partial charge in [0.05, 0.1) is 0 Å². The molecule has 1 aliphatic heterocycles. The van der Waals surface area contributed by atoms with E-state index in [1.54, 1.807) is 12.0 Å². The summed E-state index contributed by atoms with van der Waals surface area (Å²) in [5.74, 6) is -0.477. The zero-order valence-corrected chi connectivity index (χ0v) is 11.5. The predicted octanol–water partition coefficient (Wildman–Crippen LogP) is 1.66. The Morgan fingerprint density at radius 1 is 1.32 bits per heavy atom. The van der Waals surface area contributed by atoms with Gasteiger partial charge < -0.3 is 14.7 Å². The second-order valence-corrected chi connectivity index (χ2v) is 5.60. The zero-order chi connectivity index (χ0) is 13.8. The van der Waals surface area contributed by atoms with Crippen molar-refractivity contribution in [3.63, 3.8) is 0 Å². The van der Waals surface area contributed by atoms with E-state index in [4.69, 9.17) is 4.74 Å². The molecular formula is C14H23NO4. The molecule has 5 heteroatoms. The van der Waals surface area contributed by atoms with Crippen molar-refractivity contribution in [2.45, 2.75) is 57.0 Å². The average molecular weight is 269 g/mol. The van der Waals surface area contributed by atoms with Crippen molar-refractivity contribution in [1.29, 1.82) is 0 Å². The average Bonchev–Trinajstić information content (AvgIpc) is 2.78. The van der Waals surface area contributed by atoms with E-state index < -0.39 is 12.0 Å². The lowest BCUT2D eigenvalue weighted by Crippen LogP contribution is -2.46. The van der Waals surface area contributed by atoms with Crippen LogP contribution in [0.15, 0.2) is 0 Å². The molecule has 5 nitrogen and oxygen atoms in total. The van der Waals surface area contributed by atoms with Crippen molar-refractivity contribution >= 4 is 11.9 Å². The third kappa shape index (κ3) is 3.08. The maximum atomic E-state index is 12.3. The molecule has 1 saturated heterocycles. The van der Waals surface area contributed by atoms with Gasteiger partial charge in [0.2, 0.25) is 5.91 Å². The third-order valence-corrected chi connectivity index (χ3v) is 4.40. The Kier molecular flexibility index (Phi) is 4.80. The van der Waals surface area contributed by atoms with Gasteiger partial charge in [0, 0.05) is 26.2 Å². The molecule has 2 rings (SSSR count). The summed E-state index contributed by atoms with van der Waals surface area (Å²) in [5, 5.41) is 9.33. The van der Waals surface area contributed by atoms with Crippen LogP contribution in [-0.2, 0) is 14.3 Å². The number of methoxy groups -OCH3 is 1. The smallest absolute Gasteiger partial charge is 0.326 e. The number of amides is 1. The number of hydrogen-bond acceptors (Lipinski definition) is 3. The number of hydrogen-bond donors (Lipinski definition) is 1. The molecule has 0 spiro atoms. The van der Waals surface area contributed by atoms with Crippen LogP contribution in [-0.4, -0.2) is 47.7 Å². The highest BCUT2D eigenvalue weighted by Gasteiger charge is 2.47. The molecule has 0 aromatic heterocycles. The lowest BCUT2D eigenvalue weighted by Gasteiger charge is -2.33. The van der Waals surface area contributed by atoms with Gasteiger partial charge in [-0.1, -0.05) is 12.8 Å². The van der Waals surface area contributed by atoms with Gasteiger partial charge in [0.15, 0.2) is 0 Å². The molecule has 2 aliphatic rings. The number of likely N-dealkylation sites (tertiary alicyclic amines) is 1. The minimum atomic E-state index is -0.852. The van der Waals surface area contributed by atoms with E-state index in [0.29, 0.717) is 31.8 Å². The van der Waals surface area contributed by atoms with Crippen LogP contribution in [0.1, 0.15) is 44.9 Å². The SMILES string of the molecule is COCCCC(=O)N1[C@H](C(=O)O)C[C@H]2CCCC[C@@H]21. The number of nitrogens with zero attached hydrogens (tertiary/aromatic N) is 1. The third-order valence-electron chi connectivity index (χ3n) is 4.40. The number of aliphatic carboxylic acids is 1. The summed E-state index contributed by atoms with van der Waals surface area (Å²) < 4.78 is 4.95. The highest BCUT2D eigenvalue weighted by Crippen LogP contribution is 2.40. The second-order valence-electron chi connectivity index (χ2n) is 5.60. The molecule has 2 fully saturated rings. The second kappa shape index (κ2) is 6.37. The summed E-state index contributed by atoms with van der Waals surface area (Å²) in [7, 11) is 1.61. The lowest BCUT2D eigenvalue weighted by molar-refractivity contribution is -0.150. The Bertz CT molecular complexity index is 344. The summed E-state index contributed by atoms with van der Waals surface area (Å²) in [4.78, 5) is 25.3. The van der Waals surface area contributed by atoms with E-state index in [-0.39, 0.29) is 11.9 Å². The molecular weight excluding hydrogens is 246 g/mol. The van der Waals surface area contributed by atoms with Gasteiger partial charge in [-0.15, -0.1) is 0 Å². The molecule has 1 N–H and O–H groups in total. The van der Waals surface area contributed by atoms with Crippen molar-refractivity contribution in [3.8, 4) is 0 Å². The largest absolute Gasteiger partial charge is 0.480 e. The normalized spacial score (nSPS) is 30.2. The summed E-state index contributed by atoms with van der Waals surface area (Å²) in [6.07, 6.45) is 5.99. The first-order valence-corrected chi connectivity index (χ1v) is 7.18. The minimum absolute atomic E-state index is 0.0150.